The predicted octanol–water partition coefficient (Wildman–Crippen LogP) is 1.85. The largest absolute Gasteiger partial charge is 0.459 e. The fraction of sp³-hybridized carbons (Fsp3) is 0.143. The van der Waals surface area contributed by atoms with Gasteiger partial charge in [0.15, 0.2) is 0 Å². The molecule has 0 bridgehead atoms. The Labute approximate surface area is 162 Å². The summed E-state index contributed by atoms with van der Waals surface area (Å²) in [5.41, 5.74) is 0.287. The third-order valence-electron chi connectivity index (χ3n) is 4.55. The first-order chi connectivity index (χ1) is 13.9. The number of rotatable bonds is 4. The maximum Gasteiger partial charge on any atom is 0.336 e. The van der Waals surface area contributed by atoms with E-state index < -0.39 is 29.3 Å². The van der Waals surface area contributed by atoms with Gasteiger partial charge in [-0.3, -0.25) is 19.5 Å². The molecule has 8 nitrogen and oxygen atoms in total. The molecule has 0 aliphatic rings. The Morgan fingerprint density at radius 3 is 2.59 bits per heavy atom. The van der Waals surface area contributed by atoms with E-state index in [0.717, 1.165) is 10.2 Å². The van der Waals surface area contributed by atoms with E-state index >= 15 is 0 Å². The van der Waals surface area contributed by atoms with E-state index in [1.165, 1.54) is 18.2 Å². The number of benzene rings is 2. The smallest absolute Gasteiger partial charge is 0.336 e. The van der Waals surface area contributed by atoms with Crippen LogP contribution >= 0.6 is 0 Å². The number of carbonyl (C=O) groups is 1. The van der Waals surface area contributed by atoms with Crippen LogP contribution in [0.15, 0.2) is 67.3 Å². The maximum absolute atomic E-state index is 12.5. The van der Waals surface area contributed by atoms with Crippen molar-refractivity contribution in [2.75, 3.05) is 0 Å². The van der Waals surface area contributed by atoms with Crippen LogP contribution in [-0.2, 0) is 22.7 Å². The van der Waals surface area contributed by atoms with Crippen molar-refractivity contribution < 1.29 is 13.9 Å². The number of ether oxygens (including phenoxy) is 1. The van der Waals surface area contributed by atoms with Gasteiger partial charge >= 0.3 is 11.6 Å². The highest BCUT2D eigenvalue weighted by atomic mass is 16.5. The molecule has 0 aliphatic carbocycles. The number of hydrogen-bond acceptors (Lipinski definition) is 6. The molecular formula is C21H16N2O6. The van der Waals surface area contributed by atoms with Crippen LogP contribution in [-0.4, -0.2) is 15.7 Å². The van der Waals surface area contributed by atoms with Crippen LogP contribution in [0.4, 0.5) is 0 Å². The first-order valence-corrected chi connectivity index (χ1v) is 8.83. The fourth-order valence-electron chi connectivity index (χ4n) is 3.15. The molecule has 146 valence electrons. The summed E-state index contributed by atoms with van der Waals surface area (Å²) in [5, 5.41) is 3.49. The normalized spacial score (nSPS) is 11.1. The summed E-state index contributed by atoms with van der Waals surface area (Å²) in [4.78, 5) is 48.6. The number of H-pyrrole nitrogens is 1. The summed E-state index contributed by atoms with van der Waals surface area (Å²) in [6, 6.07) is 13.0. The van der Waals surface area contributed by atoms with Gasteiger partial charge in [-0.15, -0.1) is 0 Å². The lowest BCUT2D eigenvalue weighted by molar-refractivity contribution is -0.145. The van der Waals surface area contributed by atoms with Crippen LogP contribution in [0.5, 0.6) is 0 Å². The van der Waals surface area contributed by atoms with Crippen LogP contribution in [0.2, 0.25) is 0 Å². The minimum Gasteiger partial charge on any atom is -0.459 e. The molecular weight excluding hydrogens is 376 g/mol. The highest BCUT2D eigenvalue weighted by Crippen LogP contribution is 2.19. The van der Waals surface area contributed by atoms with E-state index in [0.29, 0.717) is 16.5 Å². The Balaban J connectivity index is 1.58. The second-order valence-electron chi connectivity index (χ2n) is 6.63. The number of carbonyl (C=O) groups excluding carboxylic acids is 1. The standard InChI is InChI=1S/C21H16N2O6/c1-12-6-7-14-13(9-18(24)29-17(14)8-12)11-28-19(25)10-23-21(27)16-5-3-2-4-15(16)20(26)22-23/h2-9H,10-11H2,1H3,(H,22,26). The molecule has 0 spiro atoms. The van der Waals surface area contributed by atoms with Crippen LogP contribution in [0.25, 0.3) is 21.7 Å². The molecule has 2 aromatic heterocycles. The third-order valence-corrected chi connectivity index (χ3v) is 4.55. The molecule has 8 heteroatoms. The second-order valence-corrected chi connectivity index (χ2v) is 6.63. The topological polar surface area (TPSA) is 111 Å². The number of hydrogen-bond donors (Lipinski definition) is 1. The monoisotopic (exact) mass is 392 g/mol. The Morgan fingerprint density at radius 2 is 1.79 bits per heavy atom. The first kappa shape index (κ1) is 18.4. The van der Waals surface area contributed by atoms with Gasteiger partial charge in [0.05, 0.1) is 10.8 Å². The molecule has 0 aliphatic heterocycles. The van der Waals surface area contributed by atoms with E-state index in [4.69, 9.17) is 9.15 Å². The number of nitrogens with zero attached hydrogens (tertiary/aromatic N) is 1. The van der Waals surface area contributed by atoms with E-state index in [1.807, 2.05) is 13.0 Å². The van der Waals surface area contributed by atoms with Crippen molar-refractivity contribution in [3.05, 3.63) is 90.8 Å². The van der Waals surface area contributed by atoms with Gasteiger partial charge in [-0.25, -0.2) is 9.48 Å². The molecule has 0 saturated heterocycles. The highest BCUT2D eigenvalue weighted by molar-refractivity contribution is 5.82. The molecule has 0 fully saturated rings. The minimum atomic E-state index is -0.730. The van der Waals surface area contributed by atoms with E-state index in [1.54, 1.807) is 24.3 Å². The van der Waals surface area contributed by atoms with Crippen molar-refractivity contribution in [2.45, 2.75) is 20.1 Å². The molecule has 0 radical (unpaired) electrons. The van der Waals surface area contributed by atoms with E-state index in [-0.39, 0.29) is 17.4 Å². The molecule has 0 saturated carbocycles. The van der Waals surface area contributed by atoms with Crippen molar-refractivity contribution in [1.82, 2.24) is 9.78 Å². The van der Waals surface area contributed by atoms with Gasteiger partial charge in [0.25, 0.3) is 11.1 Å². The summed E-state index contributed by atoms with van der Waals surface area (Å²) in [5.74, 6) is -0.730. The number of nitrogens with one attached hydrogen (secondary N) is 1. The quantitative estimate of drug-likeness (QED) is 0.419. The number of esters is 1. The van der Waals surface area contributed by atoms with E-state index in [9.17, 15) is 19.2 Å². The van der Waals surface area contributed by atoms with Gasteiger partial charge in [0.2, 0.25) is 0 Å². The molecule has 29 heavy (non-hydrogen) atoms. The Morgan fingerprint density at radius 1 is 1.03 bits per heavy atom. The molecule has 0 unspecified atom stereocenters. The number of aromatic amines is 1. The van der Waals surface area contributed by atoms with Gasteiger partial charge in [-0.05, 0) is 30.7 Å². The third kappa shape index (κ3) is 3.60. The molecule has 4 rings (SSSR count). The van der Waals surface area contributed by atoms with Crippen LogP contribution in [0.1, 0.15) is 11.1 Å². The zero-order valence-electron chi connectivity index (χ0n) is 15.4. The van der Waals surface area contributed by atoms with Crippen molar-refractivity contribution in [2.24, 2.45) is 0 Å². The number of aromatic nitrogens is 2. The summed E-state index contributed by atoms with van der Waals surface area (Å²) >= 11 is 0. The number of aryl methyl sites for hydroxylation is 1. The Kier molecular flexibility index (Phi) is 4.59. The van der Waals surface area contributed by atoms with Gasteiger partial charge in [-0.1, -0.05) is 24.3 Å². The molecule has 0 amide bonds. The molecule has 4 aromatic rings. The molecule has 2 aromatic carbocycles. The van der Waals surface area contributed by atoms with Crippen molar-refractivity contribution in [1.29, 1.82) is 0 Å². The summed E-state index contributed by atoms with van der Waals surface area (Å²) in [6.07, 6.45) is 0. The highest BCUT2D eigenvalue weighted by Gasteiger charge is 2.13. The summed E-state index contributed by atoms with van der Waals surface area (Å²) in [6.45, 7) is 1.24. The van der Waals surface area contributed by atoms with Gasteiger partial charge in [-0.2, -0.15) is 0 Å². The molecule has 2 heterocycles. The lowest BCUT2D eigenvalue weighted by atomic mass is 10.1. The zero-order valence-corrected chi connectivity index (χ0v) is 15.4. The summed E-state index contributed by atoms with van der Waals surface area (Å²) in [7, 11) is 0. The van der Waals surface area contributed by atoms with Crippen LogP contribution in [0, 0.1) is 6.92 Å². The minimum absolute atomic E-state index is 0.170. The first-order valence-electron chi connectivity index (χ1n) is 8.83. The SMILES string of the molecule is Cc1ccc2c(COC(=O)Cn3[nH]c(=O)c4ccccc4c3=O)cc(=O)oc2c1. The second kappa shape index (κ2) is 7.23. The lowest BCUT2D eigenvalue weighted by Gasteiger charge is -2.09. The van der Waals surface area contributed by atoms with Crippen molar-refractivity contribution >= 4 is 27.7 Å². The van der Waals surface area contributed by atoms with Crippen LogP contribution in [0.3, 0.4) is 0 Å². The van der Waals surface area contributed by atoms with Crippen LogP contribution < -0.4 is 16.7 Å². The van der Waals surface area contributed by atoms with Crippen molar-refractivity contribution in [3.8, 4) is 0 Å². The molecule has 1 N–H and O–H groups in total. The average Bonchev–Trinajstić information content (AvgIpc) is 2.69. The van der Waals surface area contributed by atoms with Gasteiger partial charge in [0.1, 0.15) is 18.7 Å². The summed E-state index contributed by atoms with van der Waals surface area (Å²) < 4.78 is 11.3. The van der Waals surface area contributed by atoms with Gasteiger partial charge < -0.3 is 9.15 Å². The van der Waals surface area contributed by atoms with Gasteiger partial charge in [0, 0.05) is 17.0 Å². The zero-order chi connectivity index (χ0) is 20.5. The predicted molar refractivity (Wildman–Crippen MR) is 106 cm³/mol. The average molecular weight is 392 g/mol. The molecule has 0 atom stereocenters. The van der Waals surface area contributed by atoms with Crippen molar-refractivity contribution in [3.63, 3.8) is 0 Å². The number of fused-ring (bicyclic) bond motifs is 2. The fourth-order valence-corrected chi connectivity index (χ4v) is 3.15. The lowest BCUT2D eigenvalue weighted by Crippen LogP contribution is -2.32. The Bertz CT molecular complexity index is 1430. The Hall–Kier alpha value is -3.94. The van der Waals surface area contributed by atoms with E-state index in [2.05, 4.69) is 5.10 Å². The maximum atomic E-state index is 12.5.